The minimum atomic E-state index is -0.502. The number of carbonyl (C=O) groups excluding carboxylic acids is 1. The predicted octanol–water partition coefficient (Wildman–Crippen LogP) is 4.21. The predicted molar refractivity (Wildman–Crippen MR) is 99.6 cm³/mol. The molecule has 1 heterocycles. The van der Waals surface area contributed by atoms with Crippen molar-refractivity contribution in [2.75, 3.05) is 0 Å². The topological polar surface area (TPSA) is 51.1 Å². The molecular weight excluding hydrogens is 378 g/mol. The van der Waals surface area contributed by atoms with Crippen molar-refractivity contribution in [3.8, 4) is 5.69 Å². The van der Waals surface area contributed by atoms with Crippen LogP contribution in [-0.4, -0.2) is 10.5 Å². The third kappa shape index (κ3) is 3.95. The summed E-state index contributed by atoms with van der Waals surface area (Å²) in [4.78, 5) is 24.1. The molecule has 3 aromatic rings. The Bertz CT molecular complexity index is 997. The van der Waals surface area contributed by atoms with E-state index in [1.54, 1.807) is 42.5 Å². The summed E-state index contributed by atoms with van der Waals surface area (Å²) < 4.78 is 14.5. The van der Waals surface area contributed by atoms with Crippen molar-refractivity contribution in [2.24, 2.45) is 0 Å². The monoisotopic (exact) mass is 390 g/mol. The van der Waals surface area contributed by atoms with Crippen molar-refractivity contribution < 1.29 is 9.18 Å². The summed E-state index contributed by atoms with van der Waals surface area (Å²) in [6.45, 7) is 0.249. The van der Waals surface area contributed by atoms with Crippen molar-refractivity contribution in [3.05, 3.63) is 98.1 Å². The second-order valence-electron chi connectivity index (χ2n) is 5.50. The van der Waals surface area contributed by atoms with Crippen LogP contribution in [0.2, 0.25) is 10.0 Å². The van der Waals surface area contributed by atoms with Gasteiger partial charge < -0.3 is 5.32 Å². The Labute approximate surface area is 158 Å². The first-order valence-corrected chi connectivity index (χ1v) is 8.41. The highest BCUT2D eigenvalue weighted by atomic mass is 35.5. The van der Waals surface area contributed by atoms with Gasteiger partial charge in [0.05, 0.1) is 15.6 Å². The van der Waals surface area contributed by atoms with Gasteiger partial charge in [-0.15, -0.1) is 0 Å². The van der Waals surface area contributed by atoms with Crippen molar-refractivity contribution in [1.29, 1.82) is 0 Å². The summed E-state index contributed by atoms with van der Waals surface area (Å²) in [5.41, 5.74) is 1.22. The van der Waals surface area contributed by atoms with Gasteiger partial charge in [-0.3, -0.25) is 14.2 Å². The Morgan fingerprint density at radius 1 is 1.00 bits per heavy atom. The molecule has 0 unspecified atom stereocenters. The average molecular weight is 391 g/mol. The van der Waals surface area contributed by atoms with Crippen LogP contribution in [0.5, 0.6) is 0 Å². The van der Waals surface area contributed by atoms with Gasteiger partial charge in [-0.25, -0.2) is 4.39 Å². The van der Waals surface area contributed by atoms with Crippen molar-refractivity contribution in [1.82, 2.24) is 9.88 Å². The lowest BCUT2D eigenvalue weighted by Crippen LogP contribution is -2.23. The van der Waals surface area contributed by atoms with Gasteiger partial charge in [0, 0.05) is 24.5 Å². The van der Waals surface area contributed by atoms with E-state index in [2.05, 4.69) is 5.32 Å². The molecule has 1 aromatic heterocycles. The number of hydrogen-bond acceptors (Lipinski definition) is 2. The number of aromatic nitrogens is 1. The Hall–Kier alpha value is -2.63. The fourth-order valence-corrected chi connectivity index (χ4v) is 2.99. The van der Waals surface area contributed by atoms with Crippen molar-refractivity contribution in [3.63, 3.8) is 0 Å². The summed E-state index contributed by atoms with van der Waals surface area (Å²) in [6, 6.07) is 13.9. The zero-order valence-corrected chi connectivity index (χ0v) is 14.9. The van der Waals surface area contributed by atoms with Crippen LogP contribution in [0.4, 0.5) is 4.39 Å². The van der Waals surface area contributed by atoms with Crippen LogP contribution < -0.4 is 10.9 Å². The van der Waals surface area contributed by atoms with Gasteiger partial charge in [0.2, 0.25) is 0 Å². The zero-order valence-electron chi connectivity index (χ0n) is 13.4. The number of nitrogens with one attached hydrogen (secondary N) is 1. The molecule has 0 saturated carbocycles. The number of amides is 1. The van der Waals surface area contributed by atoms with Crippen LogP contribution in [0.25, 0.3) is 5.69 Å². The number of pyridine rings is 1. The van der Waals surface area contributed by atoms with E-state index >= 15 is 0 Å². The maximum atomic E-state index is 13.3. The van der Waals surface area contributed by atoms with Gasteiger partial charge in [0.1, 0.15) is 5.82 Å². The van der Waals surface area contributed by atoms with Crippen LogP contribution in [0.1, 0.15) is 15.9 Å². The molecule has 3 rings (SSSR count). The molecule has 0 spiro atoms. The average Bonchev–Trinajstić information content (AvgIpc) is 2.62. The fraction of sp³-hybridized carbons (Fsp3) is 0.0526. The first kappa shape index (κ1) is 18.2. The molecule has 0 aliphatic carbocycles. The molecule has 0 saturated heterocycles. The maximum Gasteiger partial charge on any atom is 0.255 e. The van der Waals surface area contributed by atoms with E-state index in [9.17, 15) is 14.0 Å². The number of rotatable bonds is 4. The normalized spacial score (nSPS) is 10.6. The second-order valence-corrected chi connectivity index (χ2v) is 6.32. The van der Waals surface area contributed by atoms with Crippen LogP contribution in [0.15, 0.2) is 65.6 Å². The quantitative estimate of drug-likeness (QED) is 0.725. The van der Waals surface area contributed by atoms with Crippen LogP contribution in [-0.2, 0) is 6.54 Å². The molecule has 132 valence electrons. The molecule has 1 amide bonds. The molecule has 26 heavy (non-hydrogen) atoms. The molecule has 0 aliphatic heterocycles. The highest BCUT2D eigenvalue weighted by Crippen LogP contribution is 2.24. The molecule has 0 radical (unpaired) electrons. The van der Waals surface area contributed by atoms with E-state index in [0.717, 1.165) is 23.9 Å². The number of benzene rings is 2. The van der Waals surface area contributed by atoms with E-state index in [4.69, 9.17) is 23.2 Å². The number of carbonyl (C=O) groups is 1. The lowest BCUT2D eigenvalue weighted by Gasteiger charge is -2.10. The minimum Gasteiger partial charge on any atom is -0.348 e. The summed E-state index contributed by atoms with van der Waals surface area (Å²) in [5, 5.41) is 3.29. The van der Waals surface area contributed by atoms with Gasteiger partial charge in [0.15, 0.2) is 0 Å². The van der Waals surface area contributed by atoms with Gasteiger partial charge in [-0.05, 0) is 35.9 Å². The third-order valence-electron chi connectivity index (χ3n) is 3.73. The highest BCUT2D eigenvalue weighted by molar-refractivity contribution is 6.39. The fourth-order valence-electron chi connectivity index (χ4n) is 2.42. The lowest BCUT2D eigenvalue weighted by atomic mass is 10.1. The summed E-state index contributed by atoms with van der Waals surface area (Å²) in [6.07, 6.45) is 1.12. The summed E-state index contributed by atoms with van der Waals surface area (Å²) in [7, 11) is 0. The third-order valence-corrected chi connectivity index (χ3v) is 4.36. The largest absolute Gasteiger partial charge is 0.348 e. The molecule has 0 atom stereocenters. The van der Waals surface area contributed by atoms with Gasteiger partial charge in [-0.1, -0.05) is 41.4 Å². The molecule has 1 N–H and O–H groups in total. The Balaban J connectivity index is 1.73. The summed E-state index contributed by atoms with van der Waals surface area (Å²) >= 11 is 12.0. The molecule has 2 aromatic carbocycles. The lowest BCUT2D eigenvalue weighted by molar-refractivity contribution is 0.0951. The van der Waals surface area contributed by atoms with Crippen molar-refractivity contribution in [2.45, 2.75) is 6.54 Å². The van der Waals surface area contributed by atoms with Crippen molar-refractivity contribution >= 4 is 29.1 Å². The van der Waals surface area contributed by atoms with E-state index in [1.165, 1.54) is 4.57 Å². The van der Waals surface area contributed by atoms with E-state index < -0.39 is 5.82 Å². The van der Waals surface area contributed by atoms with Gasteiger partial charge in [-0.2, -0.15) is 0 Å². The standard InChI is InChI=1S/C19H13Cl2FN2O2/c20-15-2-1-3-16(21)18(15)19(26)23-10-12-4-7-14(8-5-12)24-11-13(22)6-9-17(24)25/h1-9,11H,10H2,(H,23,26). The van der Waals surface area contributed by atoms with Gasteiger partial charge >= 0.3 is 0 Å². The molecule has 0 fully saturated rings. The first-order chi connectivity index (χ1) is 12.5. The number of hydrogen-bond donors (Lipinski definition) is 1. The summed E-state index contributed by atoms with van der Waals surface area (Å²) in [5.74, 6) is -0.886. The van der Waals surface area contributed by atoms with E-state index in [1.807, 2.05) is 0 Å². The maximum absolute atomic E-state index is 13.3. The second kappa shape index (κ2) is 7.72. The Morgan fingerprint density at radius 2 is 1.65 bits per heavy atom. The van der Waals surface area contributed by atoms with E-state index in [-0.39, 0.29) is 33.6 Å². The number of halogens is 3. The molecule has 0 bridgehead atoms. The van der Waals surface area contributed by atoms with Crippen LogP contribution in [0, 0.1) is 5.82 Å². The van der Waals surface area contributed by atoms with Crippen LogP contribution >= 0.6 is 23.2 Å². The molecule has 7 heteroatoms. The number of nitrogens with zero attached hydrogens (tertiary/aromatic N) is 1. The van der Waals surface area contributed by atoms with Crippen LogP contribution in [0.3, 0.4) is 0 Å². The smallest absolute Gasteiger partial charge is 0.255 e. The van der Waals surface area contributed by atoms with Gasteiger partial charge in [0.25, 0.3) is 11.5 Å². The minimum absolute atomic E-state index is 0.221. The zero-order chi connectivity index (χ0) is 18.7. The SMILES string of the molecule is O=C(NCc1ccc(-n2cc(F)ccc2=O)cc1)c1c(Cl)cccc1Cl. The Morgan fingerprint density at radius 3 is 2.31 bits per heavy atom. The first-order valence-electron chi connectivity index (χ1n) is 7.65. The van der Waals surface area contributed by atoms with E-state index in [0.29, 0.717) is 5.69 Å². The molecular formula is C19H13Cl2FN2O2. The highest BCUT2D eigenvalue weighted by Gasteiger charge is 2.14. The molecule has 4 nitrogen and oxygen atoms in total. The Kier molecular flexibility index (Phi) is 5.40. The molecule has 0 aliphatic rings.